The average Bonchev–Trinajstić information content (AvgIpc) is 3.41. The summed E-state index contributed by atoms with van der Waals surface area (Å²) in [5, 5.41) is 0.0974. The number of fused-ring (bicyclic) bond motifs is 4. The van der Waals surface area contributed by atoms with Crippen LogP contribution in [-0.2, 0) is 31.9 Å². The zero-order chi connectivity index (χ0) is 31.4. The molecule has 0 saturated heterocycles. The Labute approximate surface area is 254 Å². The smallest absolute Gasteiger partial charge is 0.309 e. The fourth-order valence-electron chi connectivity index (χ4n) is 6.91. The summed E-state index contributed by atoms with van der Waals surface area (Å²) in [4.78, 5) is 29.6. The molecule has 3 heterocycles. The van der Waals surface area contributed by atoms with Crippen LogP contribution in [0.4, 0.5) is 14.6 Å². The predicted octanol–water partition coefficient (Wildman–Crippen LogP) is 6.47. The molecule has 7 rings (SSSR count). The number of rotatable bonds is 7. The van der Waals surface area contributed by atoms with Crippen molar-refractivity contribution in [2.45, 2.75) is 56.8 Å². The number of esters is 1. The molecular weight excluding hydrogens is 588 g/mol. The molecule has 3 fully saturated rings. The summed E-state index contributed by atoms with van der Waals surface area (Å²) < 4.78 is 62.6. The zero-order valence-electron chi connectivity index (χ0n) is 24.5. The Balaban J connectivity index is 1.51. The van der Waals surface area contributed by atoms with Gasteiger partial charge >= 0.3 is 5.97 Å². The number of methoxy groups -OCH3 is 1. The fourth-order valence-corrected chi connectivity index (χ4v) is 8.23. The summed E-state index contributed by atoms with van der Waals surface area (Å²) >= 11 is 0. The highest BCUT2D eigenvalue weighted by Gasteiger charge is 2.47. The first kappa shape index (κ1) is 29.8. The predicted molar refractivity (Wildman–Crippen MR) is 158 cm³/mol. The van der Waals surface area contributed by atoms with E-state index in [1.807, 2.05) is 6.92 Å². The van der Waals surface area contributed by atoms with E-state index in [4.69, 9.17) is 16.3 Å². The van der Waals surface area contributed by atoms with Gasteiger partial charge < -0.3 is 9.58 Å². The quantitative estimate of drug-likeness (QED) is 0.172. The Morgan fingerprint density at radius 2 is 1.80 bits per heavy atom. The Bertz CT molecular complexity index is 1900. The molecule has 3 saturated carbocycles. The van der Waals surface area contributed by atoms with E-state index >= 15 is 0 Å². The molecule has 0 N–H and O–H groups in total. The summed E-state index contributed by atoms with van der Waals surface area (Å²) in [7, 11) is -2.81. The first-order chi connectivity index (χ1) is 20.9. The van der Waals surface area contributed by atoms with Crippen LogP contribution in [0.3, 0.4) is 0 Å². The van der Waals surface area contributed by atoms with Gasteiger partial charge in [0, 0.05) is 35.8 Å². The molecule has 0 radical (unpaired) electrons. The number of nitrogens with zero attached hydrogens (tertiary/aromatic N) is 5. The Hall–Kier alpha value is -4.24. The molecule has 2 bridgehead atoms. The molecule has 3 aliphatic carbocycles. The molecular formula is C32H31F2N5O4S. The minimum Gasteiger partial charge on any atom is -0.469 e. The van der Waals surface area contributed by atoms with Gasteiger partial charge in [0.05, 0.1) is 29.3 Å². The van der Waals surface area contributed by atoms with E-state index in [1.54, 1.807) is 12.1 Å². The zero-order valence-corrected chi connectivity index (χ0v) is 25.3. The summed E-state index contributed by atoms with van der Waals surface area (Å²) in [5.41, 5.74) is 1.10. The number of halogens is 2. The largest absolute Gasteiger partial charge is 0.469 e. The van der Waals surface area contributed by atoms with Gasteiger partial charge in [0.1, 0.15) is 6.20 Å². The number of pyridine rings is 1. The van der Waals surface area contributed by atoms with Crippen molar-refractivity contribution in [3.05, 3.63) is 77.2 Å². The fraction of sp³-hybridized carbons (Fsp3) is 0.406. The van der Waals surface area contributed by atoms with Crippen LogP contribution in [0.15, 0.2) is 53.8 Å². The van der Waals surface area contributed by atoms with Gasteiger partial charge in [0.2, 0.25) is 0 Å². The van der Waals surface area contributed by atoms with Crippen LogP contribution in [-0.4, -0.2) is 40.4 Å². The molecule has 0 spiro atoms. The minimum absolute atomic E-state index is 0.00955. The lowest BCUT2D eigenvalue weighted by Gasteiger charge is -2.47. The molecule has 0 unspecified atom stereocenters. The lowest BCUT2D eigenvalue weighted by atomic mass is 9.57. The van der Waals surface area contributed by atoms with E-state index in [2.05, 4.69) is 14.8 Å². The van der Waals surface area contributed by atoms with Gasteiger partial charge in [0.15, 0.2) is 5.65 Å². The van der Waals surface area contributed by atoms with Crippen LogP contribution in [0.1, 0.15) is 49.4 Å². The second-order valence-electron chi connectivity index (χ2n) is 11.9. The second-order valence-corrected chi connectivity index (χ2v) is 13.7. The SMILES string of the molecule is [C-]#[N+]c1ncc(C[C@H]2C3CCC(CC3)[C@@H]2C(=O)OC)nc1-c1cn(S(=O)(=O)c2ccc(C)cc2)c2ncc(C(C)(F)F)cc12. The number of aromatic nitrogens is 4. The Kier molecular flexibility index (Phi) is 7.48. The van der Waals surface area contributed by atoms with Crippen LogP contribution < -0.4 is 0 Å². The number of hydrogen-bond acceptors (Lipinski definition) is 7. The highest BCUT2D eigenvalue weighted by atomic mass is 32.2. The van der Waals surface area contributed by atoms with Crippen LogP contribution in [0.2, 0.25) is 0 Å². The van der Waals surface area contributed by atoms with Crippen LogP contribution >= 0.6 is 0 Å². The number of ether oxygens (including phenoxy) is 1. The molecule has 0 amide bonds. The van der Waals surface area contributed by atoms with Crippen molar-refractivity contribution < 1.29 is 26.7 Å². The molecule has 0 aliphatic heterocycles. The van der Waals surface area contributed by atoms with Gasteiger partial charge in [-0.3, -0.25) is 9.78 Å². The Morgan fingerprint density at radius 3 is 2.43 bits per heavy atom. The molecule has 3 aliphatic rings. The molecule has 2 atom stereocenters. The number of hydrogen-bond donors (Lipinski definition) is 0. The number of aryl methyl sites for hydroxylation is 1. The summed E-state index contributed by atoms with van der Waals surface area (Å²) in [6, 6.07) is 7.44. The summed E-state index contributed by atoms with van der Waals surface area (Å²) in [5.74, 6) is -3.34. The van der Waals surface area contributed by atoms with E-state index in [1.165, 1.54) is 37.7 Å². The standard InChI is InChI=1S/C32H31F2N5O4S/c1-18-5-11-23(12-6-18)44(41,42)39-17-26(25-13-21(32(2,33)34)15-37-30(25)39)28-29(35-3)36-16-22(38-28)14-24-19-7-9-20(10-8-19)27(24)31(40)43-4/h5-6,11-13,15-17,19-20,24,27H,7-10,14H2,1-2,4H3/t19?,20?,24-,27-/m0/s1. The van der Waals surface area contributed by atoms with Crippen LogP contribution in [0.5, 0.6) is 0 Å². The summed E-state index contributed by atoms with van der Waals surface area (Å²) in [6.45, 7) is 10.3. The number of benzene rings is 1. The lowest BCUT2D eigenvalue weighted by Crippen LogP contribution is -2.45. The van der Waals surface area contributed by atoms with Crippen molar-refractivity contribution in [3.63, 3.8) is 0 Å². The van der Waals surface area contributed by atoms with Gasteiger partial charge in [-0.25, -0.2) is 26.2 Å². The maximum Gasteiger partial charge on any atom is 0.309 e. The van der Waals surface area contributed by atoms with Crippen LogP contribution in [0.25, 0.3) is 27.1 Å². The molecule has 9 nitrogen and oxygen atoms in total. The highest BCUT2D eigenvalue weighted by Crippen LogP contribution is 2.50. The normalized spacial score (nSPS) is 21.7. The third-order valence-electron chi connectivity index (χ3n) is 9.17. The second kappa shape index (κ2) is 11.0. The molecule has 12 heteroatoms. The van der Waals surface area contributed by atoms with Crippen molar-refractivity contribution in [1.29, 1.82) is 0 Å². The van der Waals surface area contributed by atoms with Crippen LogP contribution in [0, 0.1) is 37.2 Å². The van der Waals surface area contributed by atoms with Crippen molar-refractivity contribution >= 4 is 32.8 Å². The third-order valence-corrected chi connectivity index (χ3v) is 10.8. The van der Waals surface area contributed by atoms with E-state index in [9.17, 15) is 22.0 Å². The van der Waals surface area contributed by atoms with Crippen molar-refractivity contribution in [2.24, 2.45) is 23.7 Å². The lowest BCUT2D eigenvalue weighted by molar-refractivity contribution is -0.156. The maximum absolute atomic E-state index is 14.5. The number of carbonyl (C=O) groups is 1. The highest BCUT2D eigenvalue weighted by molar-refractivity contribution is 7.90. The molecule has 228 valence electrons. The van der Waals surface area contributed by atoms with Crippen molar-refractivity contribution in [1.82, 2.24) is 18.9 Å². The molecule has 44 heavy (non-hydrogen) atoms. The average molecular weight is 620 g/mol. The van der Waals surface area contributed by atoms with Gasteiger partial charge in [0.25, 0.3) is 21.8 Å². The topological polar surface area (TPSA) is 108 Å². The minimum atomic E-state index is -4.21. The summed E-state index contributed by atoms with van der Waals surface area (Å²) in [6.07, 6.45) is 8.10. The van der Waals surface area contributed by atoms with E-state index in [-0.39, 0.29) is 56.7 Å². The Morgan fingerprint density at radius 1 is 1.11 bits per heavy atom. The van der Waals surface area contributed by atoms with Gasteiger partial charge in [-0.1, -0.05) is 24.3 Å². The first-order valence-corrected chi connectivity index (χ1v) is 15.9. The maximum atomic E-state index is 14.5. The molecule has 3 aromatic heterocycles. The van der Waals surface area contributed by atoms with Gasteiger partial charge in [-0.15, -0.1) is 4.98 Å². The monoisotopic (exact) mass is 619 g/mol. The molecule has 4 aromatic rings. The van der Waals surface area contributed by atoms with Crippen molar-refractivity contribution in [3.8, 4) is 11.3 Å². The van der Waals surface area contributed by atoms with E-state index < -0.39 is 21.5 Å². The van der Waals surface area contributed by atoms with E-state index in [0.29, 0.717) is 18.0 Å². The van der Waals surface area contributed by atoms with Crippen molar-refractivity contribution in [2.75, 3.05) is 7.11 Å². The number of alkyl halides is 2. The van der Waals surface area contributed by atoms with E-state index in [0.717, 1.165) is 48.3 Å². The first-order valence-electron chi connectivity index (χ1n) is 14.5. The van der Waals surface area contributed by atoms with Gasteiger partial charge in [-0.2, -0.15) is 0 Å². The third kappa shape index (κ3) is 5.13. The van der Waals surface area contributed by atoms with Gasteiger partial charge in [-0.05, 0) is 75.0 Å². The molecule has 1 aromatic carbocycles. The number of carbonyl (C=O) groups excluding carboxylic acids is 1.